The van der Waals surface area contributed by atoms with Gasteiger partial charge in [-0.3, -0.25) is 4.79 Å². The molecule has 2 rings (SSSR count). The van der Waals surface area contributed by atoms with E-state index in [1.165, 1.54) is 0 Å². The molecule has 2 N–H and O–H groups in total. The molecule has 0 fully saturated rings. The molecule has 2 aromatic carbocycles. The minimum Gasteiger partial charge on any atom is -0.315 e. The van der Waals surface area contributed by atoms with E-state index in [2.05, 4.69) is 0 Å². The van der Waals surface area contributed by atoms with Crippen LogP contribution in [0.3, 0.4) is 0 Å². The Morgan fingerprint density at radius 1 is 1.00 bits per heavy atom. The zero-order chi connectivity index (χ0) is 14.0. The maximum absolute atomic E-state index is 12.7. The van der Waals surface area contributed by atoms with Crippen LogP contribution in [0, 0.1) is 13.8 Å². The van der Waals surface area contributed by atoms with Crippen LogP contribution in [-0.2, 0) is 5.54 Å². The zero-order valence-corrected chi connectivity index (χ0v) is 11.6. The molecular weight excluding hydrogens is 234 g/mol. The van der Waals surface area contributed by atoms with Gasteiger partial charge in [-0.25, -0.2) is 0 Å². The average molecular weight is 253 g/mol. The molecule has 2 aromatic rings. The average Bonchev–Trinajstić information content (AvgIpc) is 2.42. The van der Waals surface area contributed by atoms with Crippen LogP contribution in [0.5, 0.6) is 0 Å². The molecule has 1 unspecified atom stereocenters. The molecule has 19 heavy (non-hydrogen) atoms. The molecular formula is C17H19NO. The summed E-state index contributed by atoms with van der Waals surface area (Å²) >= 11 is 0. The van der Waals surface area contributed by atoms with Gasteiger partial charge in [0.15, 0.2) is 5.78 Å². The fourth-order valence-electron chi connectivity index (χ4n) is 2.19. The van der Waals surface area contributed by atoms with E-state index in [1.54, 1.807) is 6.92 Å². The summed E-state index contributed by atoms with van der Waals surface area (Å²) in [7, 11) is 0. The molecule has 0 bridgehead atoms. The Kier molecular flexibility index (Phi) is 3.54. The van der Waals surface area contributed by atoms with Crippen LogP contribution in [0.4, 0.5) is 0 Å². The topological polar surface area (TPSA) is 43.1 Å². The van der Waals surface area contributed by atoms with Gasteiger partial charge >= 0.3 is 0 Å². The first kappa shape index (κ1) is 13.5. The van der Waals surface area contributed by atoms with Crippen molar-refractivity contribution in [2.75, 3.05) is 0 Å². The second-order valence-electron chi connectivity index (χ2n) is 5.14. The van der Waals surface area contributed by atoms with Crippen molar-refractivity contribution in [2.45, 2.75) is 26.3 Å². The highest BCUT2D eigenvalue weighted by atomic mass is 16.1. The van der Waals surface area contributed by atoms with Gasteiger partial charge in [-0.2, -0.15) is 0 Å². The number of benzene rings is 2. The Labute approximate surface area is 114 Å². The molecule has 0 aromatic heterocycles. The summed E-state index contributed by atoms with van der Waals surface area (Å²) in [4.78, 5) is 12.7. The fourth-order valence-corrected chi connectivity index (χ4v) is 2.19. The van der Waals surface area contributed by atoms with Crippen LogP contribution < -0.4 is 5.73 Å². The monoisotopic (exact) mass is 253 g/mol. The molecule has 0 aliphatic heterocycles. The fraction of sp³-hybridized carbons (Fsp3) is 0.235. The van der Waals surface area contributed by atoms with E-state index in [1.807, 2.05) is 62.4 Å². The van der Waals surface area contributed by atoms with Crippen molar-refractivity contribution in [3.05, 3.63) is 70.8 Å². The number of aryl methyl sites for hydroxylation is 1. The standard InChI is InChI=1S/C17H19NO/c1-12-8-7-11-15(13(12)2)16(19)17(3,18)14-9-5-4-6-10-14/h4-11H,18H2,1-3H3. The first-order chi connectivity index (χ1) is 8.94. The van der Waals surface area contributed by atoms with Crippen LogP contribution in [0.2, 0.25) is 0 Å². The van der Waals surface area contributed by atoms with E-state index in [0.29, 0.717) is 5.56 Å². The van der Waals surface area contributed by atoms with Gasteiger partial charge in [-0.15, -0.1) is 0 Å². The Hall–Kier alpha value is -1.93. The van der Waals surface area contributed by atoms with Gasteiger partial charge in [0.1, 0.15) is 5.54 Å². The summed E-state index contributed by atoms with van der Waals surface area (Å²) < 4.78 is 0. The van der Waals surface area contributed by atoms with Crippen molar-refractivity contribution in [3.63, 3.8) is 0 Å². The number of rotatable bonds is 3. The van der Waals surface area contributed by atoms with Gasteiger partial charge in [0, 0.05) is 5.56 Å². The normalized spacial score (nSPS) is 13.9. The molecule has 0 amide bonds. The van der Waals surface area contributed by atoms with Gasteiger partial charge in [-0.05, 0) is 37.5 Å². The number of carbonyl (C=O) groups excluding carboxylic acids is 1. The molecule has 0 aliphatic rings. The molecule has 0 aliphatic carbocycles. The Morgan fingerprint density at radius 3 is 2.26 bits per heavy atom. The highest BCUT2D eigenvalue weighted by molar-refractivity contribution is 6.04. The van der Waals surface area contributed by atoms with Crippen molar-refractivity contribution < 1.29 is 4.79 Å². The lowest BCUT2D eigenvalue weighted by Crippen LogP contribution is -2.42. The highest BCUT2D eigenvalue weighted by Gasteiger charge is 2.32. The number of carbonyl (C=O) groups is 1. The van der Waals surface area contributed by atoms with Gasteiger partial charge in [-0.1, -0.05) is 48.5 Å². The molecule has 0 heterocycles. The molecule has 98 valence electrons. The molecule has 0 spiro atoms. The Bertz CT molecular complexity index is 600. The molecule has 0 radical (unpaired) electrons. The van der Waals surface area contributed by atoms with Crippen molar-refractivity contribution in [1.29, 1.82) is 0 Å². The Balaban J connectivity index is 2.47. The van der Waals surface area contributed by atoms with Crippen molar-refractivity contribution in [1.82, 2.24) is 0 Å². The van der Waals surface area contributed by atoms with Crippen molar-refractivity contribution in [3.8, 4) is 0 Å². The van der Waals surface area contributed by atoms with E-state index in [-0.39, 0.29) is 5.78 Å². The summed E-state index contributed by atoms with van der Waals surface area (Å²) in [5.74, 6) is -0.0418. The van der Waals surface area contributed by atoms with Crippen LogP contribution >= 0.6 is 0 Å². The van der Waals surface area contributed by atoms with Crippen LogP contribution in [0.15, 0.2) is 48.5 Å². The minimum atomic E-state index is -1.00. The van der Waals surface area contributed by atoms with Crippen LogP contribution in [0.25, 0.3) is 0 Å². The van der Waals surface area contributed by atoms with Crippen LogP contribution in [-0.4, -0.2) is 5.78 Å². The minimum absolute atomic E-state index is 0.0418. The number of nitrogens with two attached hydrogens (primary N) is 1. The maximum Gasteiger partial charge on any atom is 0.187 e. The maximum atomic E-state index is 12.7. The summed E-state index contributed by atoms with van der Waals surface area (Å²) in [5, 5.41) is 0. The second-order valence-corrected chi connectivity index (χ2v) is 5.14. The molecule has 1 atom stereocenters. The zero-order valence-electron chi connectivity index (χ0n) is 11.6. The summed E-state index contributed by atoms with van der Waals surface area (Å²) in [6, 6.07) is 15.2. The third-order valence-electron chi connectivity index (χ3n) is 3.69. The van der Waals surface area contributed by atoms with Crippen molar-refractivity contribution in [2.24, 2.45) is 5.73 Å². The third kappa shape index (κ3) is 2.45. The lowest BCUT2D eigenvalue weighted by molar-refractivity contribution is 0.0899. The summed E-state index contributed by atoms with van der Waals surface area (Å²) in [6.45, 7) is 5.73. The third-order valence-corrected chi connectivity index (χ3v) is 3.69. The molecule has 0 saturated heterocycles. The predicted octanol–water partition coefficient (Wildman–Crippen LogP) is 3.36. The van der Waals surface area contributed by atoms with E-state index in [9.17, 15) is 4.79 Å². The first-order valence-electron chi connectivity index (χ1n) is 6.40. The van der Waals surface area contributed by atoms with E-state index >= 15 is 0 Å². The first-order valence-corrected chi connectivity index (χ1v) is 6.40. The highest BCUT2D eigenvalue weighted by Crippen LogP contribution is 2.25. The van der Waals surface area contributed by atoms with E-state index < -0.39 is 5.54 Å². The smallest absolute Gasteiger partial charge is 0.187 e. The number of hydrogen-bond acceptors (Lipinski definition) is 2. The lowest BCUT2D eigenvalue weighted by Gasteiger charge is -2.25. The predicted molar refractivity (Wildman–Crippen MR) is 78.2 cm³/mol. The number of hydrogen-bond donors (Lipinski definition) is 1. The number of Topliss-reactive ketones (excluding diaryl/α,β-unsaturated/α-hetero) is 1. The molecule has 0 saturated carbocycles. The van der Waals surface area contributed by atoms with Gasteiger partial charge in [0.05, 0.1) is 0 Å². The van der Waals surface area contributed by atoms with Gasteiger partial charge in [0.2, 0.25) is 0 Å². The quantitative estimate of drug-likeness (QED) is 0.852. The summed E-state index contributed by atoms with van der Waals surface area (Å²) in [5.41, 5.74) is 8.93. The van der Waals surface area contributed by atoms with E-state index in [0.717, 1.165) is 16.7 Å². The summed E-state index contributed by atoms with van der Waals surface area (Å²) in [6.07, 6.45) is 0. The largest absolute Gasteiger partial charge is 0.315 e. The Morgan fingerprint density at radius 2 is 1.63 bits per heavy atom. The molecule has 2 nitrogen and oxygen atoms in total. The second kappa shape index (κ2) is 4.98. The lowest BCUT2D eigenvalue weighted by atomic mass is 9.83. The van der Waals surface area contributed by atoms with E-state index in [4.69, 9.17) is 5.73 Å². The van der Waals surface area contributed by atoms with Gasteiger partial charge in [0.25, 0.3) is 0 Å². The van der Waals surface area contributed by atoms with Crippen molar-refractivity contribution >= 4 is 5.78 Å². The van der Waals surface area contributed by atoms with Gasteiger partial charge < -0.3 is 5.73 Å². The van der Waals surface area contributed by atoms with Crippen LogP contribution in [0.1, 0.15) is 34.0 Å². The molecule has 2 heteroatoms. The SMILES string of the molecule is Cc1cccc(C(=O)C(C)(N)c2ccccc2)c1C. The number of ketones is 1.